The Morgan fingerprint density at radius 2 is 1.94 bits per heavy atom. The lowest BCUT2D eigenvalue weighted by Crippen LogP contribution is -2.19. The Kier molecular flexibility index (Phi) is 2.37. The molecule has 0 aliphatic carbocycles. The van der Waals surface area contributed by atoms with Crippen LogP contribution in [0.25, 0.3) is 0 Å². The van der Waals surface area contributed by atoms with Crippen LogP contribution in [0.1, 0.15) is 26.5 Å². The number of fused-ring (bicyclic) bond motifs is 1. The van der Waals surface area contributed by atoms with Crippen molar-refractivity contribution in [2.45, 2.75) is 6.54 Å². The summed E-state index contributed by atoms with van der Waals surface area (Å²) in [6.45, 7) is 0.529. The predicted octanol–water partition coefficient (Wildman–Crippen LogP) is 1.78. The molecule has 5 nitrogen and oxygen atoms in total. The molecule has 0 unspecified atom stereocenters. The van der Waals surface area contributed by atoms with Gasteiger partial charge >= 0.3 is 0 Å². The van der Waals surface area contributed by atoms with Crippen LogP contribution in [0.15, 0.2) is 41.0 Å². The van der Waals surface area contributed by atoms with E-state index < -0.39 is 0 Å². The summed E-state index contributed by atoms with van der Waals surface area (Å²) in [5, 5.41) is 5.38. The molecule has 1 aliphatic heterocycles. The smallest absolute Gasteiger partial charge is 0.259 e. The highest BCUT2D eigenvalue weighted by molar-refractivity contribution is 6.21. The Balaban J connectivity index is 1.81. The molecule has 18 heavy (non-hydrogen) atoms. The maximum atomic E-state index is 11.5. The fourth-order valence-corrected chi connectivity index (χ4v) is 1.88. The zero-order chi connectivity index (χ0) is 12.5. The average Bonchev–Trinajstić information content (AvgIpc) is 2.97. The SMILES string of the molecule is O=C1NC(=O)c2cc(NCc3ccco3)ccc21. The van der Waals surface area contributed by atoms with Gasteiger partial charge in [-0.05, 0) is 30.3 Å². The molecule has 2 N–H and O–H groups in total. The highest BCUT2D eigenvalue weighted by Gasteiger charge is 2.26. The van der Waals surface area contributed by atoms with Crippen LogP contribution in [-0.4, -0.2) is 11.8 Å². The summed E-state index contributed by atoms with van der Waals surface area (Å²) in [5.74, 6) is 0.111. The molecule has 0 spiro atoms. The third kappa shape index (κ3) is 1.75. The Hall–Kier alpha value is -2.56. The van der Waals surface area contributed by atoms with Crippen molar-refractivity contribution in [1.29, 1.82) is 0 Å². The summed E-state index contributed by atoms with van der Waals surface area (Å²) in [6, 6.07) is 8.74. The number of carbonyl (C=O) groups excluding carboxylic acids is 2. The van der Waals surface area contributed by atoms with Gasteiger partial charge in [-0.3, -0.25) is 14.9 Å². The zero-order valence-electron chi connectivity index (χ0n) is 9.40. The first-order valence-electron chi connectivity index (χ1n) is 5.50. The van der Waals surface area contributed by atoms with Crippen molar-refractivity contribution in [2.75, 3.05) is 5.32 Å². The van der Waals surface area contributed by atoms with Gasteiger partial charge in [0.1, 0.15) is 5.76 Å². The first-order valence-corrected chi connectivity index (χ1v) is 5.50. The lowest BCUT2D eigenvalue weighted by molar-refractivity contribution is 0.0879. The number of rotatable bonds is 3. The van der Waals surface area contributed by atoms with Crippen LogP contribution in [0.3, 0.4) is 0 Å². The van der Waals surface area contributed by atoms with E-state index in [2.05, 4.69) is 10.6 Å². The van der Waals surface area contributed by atoms with Gasteiger partial charge in [0, 0.05) is 5.69 Å². The van der Waals surface area contributed by atoms with E-state index in [4.69, 9.17) is 4.42 Å². The van der Waals surface area contributed by atoms with Gasteiger partial charge in [0.15, 0.2) is 0 Å². The predicted molar refractivity (Wildman–Crippen MR) is 64.3 cm³/mol. The molecule has 0 fully saturated rings. The molecule has 2 aromatic rings. The van der Waals surface area contributed by atoms with Crippen molar-refractivity contribution in [3.05, 3.63) is 53.5 Å². The molecule has 0 saturated carbocycles. The van der Waals surface area contributed by atoms with Crippen LogP contribution >= 0.6 is 0 Å². The summed E-state index contributed by atoms with van der Waals surface area (Å²) in [7, 11) is 0. The topological polar surface area (TPSA) is 71.3 Å². The minimum absolute atomic E-state index is 0.340. The first-order chi connectivity index (χ1) is 8.74. The van der Waals surface area contributed by atoms with E-state index in [0.717, 1.165) is 11.4 Å². The van der Waals surface area contributed by atoms with Crippen molar-refractivity contribution < 1.29 is 14.0 Å². The van der Waals surface area contributed by atoms with Crippen LogP contribution in [0, 0.1) is 0 Å². The number of furan rings is 1. The summed E-state index contributed by atoms with van der Waals surface area (Å²) in [6.07, 6.45) is 1.60. The number of anilines is 1. The quantitative estimate of drug-likeness (QED) is 0.805. The van der Waals surface area contributed by atoms with Crippen LogP contribution in [-0.2, 0) is 6.54 Å². The van der Waals surface area contributed by atoms with Gasteiger partial charge in [-0.15, -0.1) is 0 Å². The fraction of sp³-hybridized carbons (Fsp3) is 0.0769. The largest absolute Gasteiger partial charge is 0.467 e. The van der Waals surface area contributed by atoms with Crippen molar-refractivity contribution in [1.82, 2.24) is 5.32 Å². The highest BCUT2D eigenvalue weighted by atomic mass is 16.3. The molecule has 0 radical (unpaired) electrons. The van der Waals surface area contributed by atoms with Gasteiger partial charge in [-0.1, -0.05) is 0 Å². The van der Waals surface area contributed by atoms with E-state index in [0.29, 0.717) is 17.7 Å². The van der Waals surface area contributed by atoms with Crippen molar-refractivity contribution in [2.24, 2.45) is 0 Å². The molecule has 2 amide bonds. The Bertz CT molecular complexity index is 617. The van der Waals surface area contributed by atoms with Gasteiger partial charge in [-0.25, -0.2) is 0 Å². The Morgan fingerprint density at radius 1 is 1.11 bits per heavy atom. The van der Waals surface area contributed by atoms with E-state index in [1.54, 1.807) is 24.5 Å². The Morgan fingerprint density at radius 3 is 2.72 bits per heavy atom. The molecule has 0 saturated heterocycles. The monoisotopic (exact) mass is 242 g/mol. The summed E-state index contributed by atoms with van der Waals surface area (Å²) >= 11 is 0. The number of hydrogen-bond acceptors (Lipinski definition) is 4. The maximum Gasteiger partial charge on any atom is 0.259 e. The second kappa shape index (κ2) is 4.03. The van der Waals surface area contributed by atoms with E-state index in [9.17, 15) is 9.59 Å². The molecule has 3 rings (SSSR count). The average molecular weight is 242 g/mol. The number of amides is 2. The van der Waals surface area contributed by atoms with Crippen LogP contribution in [0.2, 0.25) is 0 Å². The van der Waals surface area contributed by atoms with Crippen LogP contribution < -0.4 is 10.6 Å². The molecule has 0 bridgehead atoms. The third-order valence-corrected chi connectivity index (χ3v) is 2.78. The van der Waals surface area contributed by atoms with Crippen LogP contribution in [0.4, 0.5) is 5.69 Å². The normalized spacial score (nSPS) is 13.3. The minimum atomic E-state index is -0.350. The lowest BCUT2D eigenvalue weighted by Gasteiger charge is -2.05. The second-order valence-electron chi connectivity index (χ2n) is 3.98. The molecule has 1 aromatic heterocycles. The minimum Gasteiger partial charge on any atom is -0.467 e. The van der Waals surface area contributed by atoms with E-state index in [1.807, 2.05) is 12.1 Å². The van der Waals surface area contributed by atoms with Gasteiger partial charge in [0.05, 0.1) is 23.9 Å². The lowest BCUT2D eigenvalue weighted by atomic mass is 10.1. The van der Waals surface area contributed by atoms with Crippen molar-refractivity contribution >= 4 is 17.5 Å². The molecule has 2 heterocycles. The summed E-state index contributed by atoms with van der Waals surface area (Å²) in [5.41, 5.74) is 1.60. The van der Waals surface area contributed by atoms with Crippen molar-refractivity contribution in [3.8, 4) is 0 Å². The molecule has 5 heteroatoms. The van der Waals surface area contributed by atoms with Crippen LogP contribution in [0.5, 0.6) is 0 Å². The van der Waals surface area contributed by atoms with E-state index >= 15 is 0 Å². The standard InChI is InChI=1S/C13H10N2O3/c16-12-10-4-3-8(6-11(10)13(17)15-12)14-7-9-2-1-5-18-9/h1-6,14H,7H2,(H,15,16,17). The molecule has 1 aliphatic rings. The first kappa shape index (κ1) is 10.6. The number of nitrogens with one attached hydrogen (secondary N) is 2. The summed E-state index contributed by atoms with van der Waals surface area (Å²) < 4.78 is 5.19. The van der Waals surface area contributed by atoms with E-state index in [1.165, 1.54) is 0 Å². The second-order valence-corrected chi connectivity index (χ2v) is 3.98. The van der Waals surface area contributed by atoms with Gasteiger partial charge < -0.3 is 9.73 Å². The summed E-state index contributed by atoms with van der Waals surface area (Å²) in [4.78, 5) is 22.8. The number of carbonyl (C=O) groups is 2. The van der Waals surface area contributed by atoms with Gasteiger partial charge in [0.2, 0.25) is 0 Å². The number of imide groups is 1. The third-order valence-electron chi connectivity index (χ3n) is 2.78. The van der Waals surface area contributed by atoms with Gasteiger partial charge in [0.25, 0.3) is 11.8 Å². The van der Waals surface area contributed by atoms with Crippen molar-refractivity contribution in [3.63, 3.8) is 0 Å². The number of benzene rings is 1. The Labute approximate surface area is 103 Å². The maximum absolute atomic E-state index is 11.5. The van der Waals surface area contributed by atoms with E-state index in [-0.39, 0.29) is 11.8 Å². The molecular formula is C13H10N2O3. The zero-order valence-corrected chi connectivity index (χ0v) is 9.40. The fourth-order valence-electron chi connectivity index (χ4n) is 1.88. The molecule has 90 valence electrons. The molecular weight excluding hydrogens is 232 g/mol. The number of hydrogen-bond donors (Lipinski definition) is 2. The molecule has 1 aromatic carbocycles. The highest BCUT2D eigenvalue weighted by Crippen LogP contribution is 2.20. The van der Waals surface area contributed by atoms with Gasteiger partial charge in [-0.2, -0.15) is 0 Å². The molecule has 0 atom stereocenters.